The number of nitrogens with one attached hydrogen (secondary N) is 1. The minimum Gasteiger partial charge on any atom is -0.497 e. The summed E-state index contributed by atoms with van der Waals surface area (Å²) in [6.45, 7) is 0.138. The fourth-order valence-corrected chi connectivity index (χ4v) is 4.48. The van der Waals surface area contributed by atoms with Crippen LogP contribution in [0.25, 0.3) is 5.69 Å². The third kappa shape index (κ3) is 6.64. The zero-order chi connectivity index (χ0) is 26.2. The Hall–Kier alpha value is -4.38. The number of carbonyl (C=O) groups excluding carboxylic acids is 1. The highest BCUT2D eigenvalue weighted by Crippen LogP contribution is 2.27. The van der Waals surface area contributed by atoms with Crippen LogP contribution in [-0.2, 0) is 23.5 Å². The lowest BCUT2D eigenvalue weighted by atomic mass is 10.1. The van der Waals surface area contributed by atoms with E-state index in [4.69, 9.17) is 9.47 Å². The summed E-state index contributed by atoms with van der Waals surface area (Å²) in [7, 11) is 3.21. The largest absolute Gasteiger partial charge is 0.497 e. The molecule has 0 bridgehead atoms. The lowest BCUT2D eigenvalue weighted by Gasteiger charge is -2.11. The normalized spacial score (nSPS) is 10.6. The van der Waals surface area contributed by atoms with E-state index >= 15 is 0 Å². The predicted molar refractivity (Wildman–Crippen MR) is 139 cm³/mol. The number of aromatic nitrogens is 3. The summed E-state index contributed by atoms with van der Waals surface area (Å²) >= 11 is 1.46. The molecule has 0 atom stereocenters. The van der Waals surface area contributed by atoms with Crippen molar-refractivity contribution in [3.8, 4) is 17.2 Å². The zero-order valence-electron chi connectivity index (χ0n) is 20.3. The van der Waals surface area contributed by atoms with E-state index in [2.05, 4.69) is 15.5 Å². The van der Waals surface area contributed by atoms with Gasteiger partial charge in [-0.05, 0) is 47.5 Å². The first-order chi connectivity index (χ1) is 18.0. The maximum Gasteiger partial charge on any atom is 0.269 e. The summed E-state index contributed by atoms with van der Waals surface area (Å²) < 4.78 is 12.2. The molecule has 37 heavy (non-hydrogen) atoms. The average Bonchev–Trinajstić information content (AvgIpc) is 3.34. The Kier molecular flexibility index (Phi) is 8.37. The smallest absolute Gasteiger partial charge is 0.269 e. The highest BCUT2D eigenvalue weighted by atomic mass is 32.2. The van der Waals surface area contributed by atoms with E-state index in [0.717, 1.165) is 22.6 Å². The van der Waals surface area contributed by atoms with E-state index in [9.17, 15) is 14.9 Å². The van der Waals surface area contributed by atoms with Crippen LogP contribution < -0.4 is 14.8 Å². The summed E-state index contributed by atoms with van der Waals surface area (Å²) in [5.41, 5.74) is 2.53. The van der Waals surface area contributed by atoms with E-state index in [-0.39, 0.29) is 24.6 Å². The lowest BCUT2D eigenvalue weighted by Crippen LogP contribution is -2.26. The van der Waals surface area contributed by atoms with Crippen molar-refractivity contribution in [1.29, 1.82) is 0 Å². The maximum absolute atomic E-state index is 12.6. The van der Waals surface area contributed by atoms with Gasteiger partial charge >= 0.3 is 0 Å². The van der Waals surface area contributed by atoms with Crippen LogP contribution >= 0.6 is 11.8 Å². The van der Waals surface area contributed by atoms with Gasteiger partial charge in [-0.3, -0.25) is 19.5 Å². The van der Waals surface area contributed by atoms with Gasteiger partial charge in [-0.2, -0.15) is 0 Å². The van der Waals surface area contributed by atoms with Gasteiger partial charge in [0.05, 0.1) is 32.1 Å². The van der Waals surface area contributed by atoms with Crippen LogP contribution in [-0.4, -0.2) is 39.8 Å². The van der Waals surface area contributed by atoms with Crippen molar-refractivity contribution >= 4 is 23.4 Å². The van der Waals surface area contributed by atoms with Crippen LogP contribution in [0.15, 0.2) is 78.0 Å². The Labute approximate surface area is 217 Å². The fourth-order valence-electron chi connectivity index (χ4n) is 3.57. The van der Waals surface area contributed by atoms with Crippen molar-refractivity contribution in [2.45, 2.75) is 23.9 Å². The number of nitro benzene ring substituents is 1. The Balaban J connectivity index is 1.52. The van der Waals surface area contributed by atoms with Crippen LogP contribution in [0.4, 0.5) is 5.69 Å². The number of hydrogen-bond acceptors (Lipinski definition) is 8. The molecule has 190 valence electrons. The number of hydrogen-bond donors (Lipinski definition) is 1. The number of benzene rings is 3. The van der Waals surface area contributed by atoms with Gasteiger partial charge in [-0.15, -0.1) is 10.2 Å². The zero-order valence-corrected chi connectivity index (χ0v) is 21.1. The van der Waals surface area contributed by atoms with Crippen molar-refractivity contribution in [1.82, 2.24) is 20.1 Å². The quantitative estimate of drug-likeness (QED) is 0.176. The highest BCUT2D eigenvalue weighted by molar-refractivity contribution is 7.98. The van der Waals surface area contributed by atoms with Crippen molar-refractivity contribution in [2.24, 2.45) is 0 Å². The average molecular weight is 520 g/mol. The van der Waals surface area contributed by atoms with E-state index in [1.807, 2.05) is 36.4 Å². The number of non-ortho nitro benzene ring substituents is 1. The first-order valence-corrected chi connectivity index (χ1v) is 12.3. The van der Waals surface area contributed by atoms with Gasteiger partial charge in [0.1, 0.15) is 11.5 Å². The highest BCUT2D eigenvalue weighted by Gasteiger charge is 2.17. The topological polar surface area (TPSA) is 121 Å². The molecule has 3 aromatic carbocycles. The van der Waals surface area contributed by atoms with Crippen molar-refractivity contribution < 1.29 is 19.2 Å². The Morgan fingerprint density at radius 3 is 2.38 bits per heavy atom. The molecule has 0 aliphatic rings. The van der Waals surface area contributed by atoms with Gasteiger partial charge in [0.25, 0.3) is 5.69 Å². The molecule has 0 spiro atoms. The summed E-state index contributed by atoms with van der Waals surface area (Å²) in [6.07, 6.45) is 0.201. The third-order valence-electron chi connectivity index (χ3n) is 5.49. The number of thioether (sulfide) groups is 1. The van der Waals surface area contributed by atoms with Gasteiger partial charge in [0.2, 0.25) is 5.91 Å². The third-order valence-corrected chi connectivity index (χ3v) is 6.49. The van der Waals surface area contributed by atoms with Crippen molar-refractivity contribution in [2.75, 3.05) is 14.2 Å². The first-order valence-electron chi connectivity index (χ1n) is 11.3. The Bertz CT molecular complexity index is 1370. The molecule has 1 amide bonds. The molecule has 0 radical (unpaired) electrons. The molecule has 11 heteroatoms. The predicted octanol–water partition coefficient (Wildman–Crippen LogP) is 4.34. The van der Waals surface area contributed by atoms with E-state index < -0.39 is 4.92 Å². The van der Waals surface area contributed by atoms with E-state index in [1.165, 1.54) is 23.9 Å². The Morgan fingerprint density at radius 1 is 0.973 bits per heavy atom. The number of methoxy groups -OCH3 is 2. The summed E-state index contributed by atoms with van der Waals surface area (Å²) in [5.74, 6) is 2.42. The van der Waals surface area contributed by atoms with Crippen LogP contribution in [0.2, 0.25) is 0 Å². The first kappa shape index (κ1) is 25.7. The van der Waals surface area contributed by atoms with Crippen molar-refractivity contribution in [3.05, 3.63) is 99.9 Å². The van der Waals surface area contributed by atoms with Gasteiger partial charge in [-0.25, -0.2) is 0 Å². The second-order valence-electron chi connectivity index (χ2n) is 7.95. The molecule has 0 aliphatic heterocycles. The molecular weight excluding hydrogens is 494 g/mol. The number of ether oxygens (including phenoxy) is 2. The molecule has 0 saturated carbocycles. The van der Waals surface area contributed by atoms with Crippen LogP contribution in [0.5, 0.6) is 11.5 Å². The molecule has 4 aromatic rings. The molecule has 4 rings (SSSR count). The molecule has 1 aromatic heterocycles. The number of amides is 1. The SMILES string of the molecule is COc1ccc(CC(=O)NCc2nnc(SCc3cccc(OC)c3)n2-c2ccc([N+](=O)[O-])cc2)cc1. The number of rotatable bonds is 11. The molecule has 10 nitrogen and oxygen atoms in total. The Morgan fingerprint density at radius 2 is 1.70 bits per heavy atom. The number of carbonyl (C=O) groups is 1. The summed E-state index contributed by atoms with van der Waals surface area (Å²) in [6, 6.07) is 21.1. The van der Waals surface area contributed by atoms with E-state index in [0.29, 0.717) is 22.4 Å². The minimum atomic E-state index is -0.450. The molecule has 1 N–H and O–H groups in total. The maximum atomic E-state index is 12.6. The van der Waals surface area contributed by atoms with Gasteiger partial charge in [-0.1, -0.05) is 36.0 Å². The van der Waals surface area contributed by atoms with Crippen molar-refractivity contribution in [3.63, 3.8) is 0 Å². The lowest BCUT2D eigenvalue weighted by molar-refractivity contribution is -0.384. The summed E-state index contributed by atoms with van der Waals surface area (Å²) in [4.78, 5) is 23.3. The van der Waals surface area contributed by atoms with Gasteiger partial charge in [0, 0.05) is 23.6 Å². The second-order valence-corrected chi connectivity index (χ2v) is 8.89. The second kappa shape index (κ2) is 12.0. The monoisotopic (exact) mass is 519 g/mol. The standard InChI is InChI=1S/C26H25N5O5S/c1-35-22-12-6-18(7-13-22)15-25(32)27-16-24-28-29-26(37-17-19-4-3-5-23(14-19)36-2)30(24)20-8-10-21(11-9-20)31(33)34/h3-14H,15-17H2,1-2H3,(H,27,32). The molecule has 0 fully saturated rings. The number of nitro groups is 1. The van der Waals surface area contributed by atoms with Crippen LogP contribution in [0, 0.1) is 10.1 Å². The van der Waals surface area contributed by atoms with Crippen LogP contribution in [0.1, 0.15) is 17.0 Å². The molecule has 0 unspecified atom stereocenters. The molecule has 1 heterocycles. The van der Waals surface area contributed by atoms with Gasteiger partial charge < -0.3 is 14.8 Å². The van der Waals surface area contributed by atoms with E-state index in [1.54, 1.807) is 43.1 Å². The van der Waals surface area contributed by atoms with Gasteiger partial charge in [0.15, 0.2) is 11.0 Å². The molecule has 0 aliphatic carbocycles. The molecular formula is C26H25N5O5S. The summed E-state index contributed by atoms with van der Waals surface area (Å²) in [5, 5.41) is 23.2. The fraction of sp³-hybridized carbons (Fsp3) is 0.192. The minimum absolute atomic E-state index is 0.0169. The van der Waals surface area contributed by atoms with Crippen LogP contribution in [0.3, 0.4) is 0 Å². The number of nitrogens with zero attached hydrogens (tertiary/aromatic N) is 4. The molecule has 0 saturated heterocycles.